The Bertz CT molecular complexity index is 1600. The number of hydrogen-bond donors (Lipinski definition) is 1. The standard InChI is InChI=1S/C32H35ClN4O4/c1-2-35(22-25-10-4-3-5-11-25)30(39)23-37-28-13-7-6-12-27(28)31(40)36(32(37)41)21-9-8-14-29(38)34-20-19-24-15-17-26(33)18-16-24/h3-7,10-13,15-18H,2,8-9,14,19-23H2,1H3,(H,34,38). The number of nitrogens with one attached hydrogen (secondary N) is 1. The number of carbonyl (C=O) groups is 2. The zero-order chi connectivity index (χ0) is 29.2. The molecule has 0 unspecified atom stereocenters. The quantitative estimate of drug-likeness (QED) is 0.240. The first kappa shape index (κ1) is 29.8. The molecule has 4 rings (SSSR count). The average Bonchev–Trinajstić information content (AvgIpc) is 2.99. The van der Waals surface area contributed by atoms with Crippen LogP contribution in [-0.4, -0.2) is 38.9 Å². The molecule has 0 aliphatic heterocycles. The minimum atomic E-state index is -0.523. The van der Waals surface area contributed by atoms with Gasteiger partial charge in [0.1, 0.15) is 6.54 Å². The third-order valence-electron chi connectivity index (χ3n) is 7.06. The van der Waals surface area contributed by atoms with Crippen LogP contribution in [0.5, 0.6) is 0 Å². The molecular weight excluding hydrogens is 540 g/mol. The smallest absolute Gasteiger partial charge is 0.331 e. The van der Waals surface area contributed by atoms with E-state index in [9.17, 15) is 19.2 Å². The second-order valence-corrected chi connectivity index (χ2v) is 10.4. The molecular formula is C32H35ClN4O4. The van der Waals surface area contributed by atoms with Gasteiger partial charge >= 0.3 is 5.69 Å². The number of carbonyl (C=O) groups excluding carboxylic acids is 2. The molecule has 4 aromatic rings. The topological polar surface area (TPSA) is 93.4 Å². The van der Waals surface area contributed by atoms with Crippen molar-refractivity contribution >= 4 is 34.3 Å². The Morgan fingerprint density at radius 2 is 1.56 bits per heavy atom. The highest BCUT2D eigenvalue weighted by Gasteiger charge is 2.18. The Morgan fingerprint density at radius 1 is 0.854 bits per heavy atom. The molecule has 3 aromatic carbocycles. The largest absolute Gasteiger partial charge is 0.356 e. The Labute approximate surface area is 244 Å². The molecule has 0 aliphatic rings. The Morgan fingerprint density at radius 3 is 2.29 bits per heavy atom. The number of hydrogen-bond acceptors (Lipinski definition) is 4. The molecule has 8 nitrogen and oxygen atoms in total. The average molecular weight is 575 g/mol. The molecule has 41 heavy (non-hydrogen) atoms. The maximum atomic E-state index is 13.5. The van der Waals surface area contributed by atoms with Crippen LogP contribution in [0.1, 0.15) is 37.3 Å². The lowest BCUT2D eigenvalue weighted by atomic mass is 10.1. The zero-order valence-corrected chi connectivity index (χ0v) is 24.0. The van der Waals surface area contributed by atoms with Gasteiger partial charge in [0.05, 0.1) is 10.9 Å². The molecule has 214 valence electrons. The van der Waals surface area contributed by atoms with E-state index in [4.69, 9.17) is 11.6 Å². The highest BCUT2D eigenvalue weighted by Crippen LogP contribution is 2.11. The molecule has 2 amide bonds. The van der Waals surface area contributed by atoms with Gasteiger partial charge in [-0.2, -0.15) is 0 Å². The van der Waals surface area contributed by atoms with Gasteiger partial charge in [0, 0.05) is 37.6 Å². The summed E-state index contributed by atoms with van der Waals surface area (Å²) in [5.74, 6) is -0.282. The number of nitrogens with zero attached hydrogens (tertiary/aromatic N) is 3. The van der Waals surface area contributed by atoms with Gasteiger partial charge in [-0.05, 0) is 61.6 Å². The second-order valence-electron chi connectivity index (χ2n) is 9.92. The maximum Gasteiger partial charge on any atom is 0.331 e. The third kappa shape index (κ3) is 7.95. The molecule has 1 heterocycles. The first-order chi connectivity index (χ1) is 19.9. The zero-order valence-electron chi connectivity index (χ0n) is 23.2. The summed E-state index contributed by atoms with van der Waals surface area (Å²) in [5, 5.41) is 3.96. The van der Waals surface area contributed by atoms with Crippen molar-refractivity contribution in [3.8, 4) is 0 Å². The Kier molecular flexibility index (Phi) is 10.5. The van der Waals surface area contributed by atoms with E-state index in [0.717, 1.165) is 11.1 Å². The number of rotatable bonds is 13. The van der Waals surface area contributed by atoms with Crippen molar-refractivity contribution in [1.82, 2.24) is 19.4 Å². The number of fused-ring (bicyclic) bond motifs is 1. The summed E-state index contributed by atoms with van der Waals surface area (Å²) in [6.07, 6.45) is 1.99. The lowest BCUT2D eigenvalue weighted by Crippen LogP contribution is -2.43. The Balaban J connectivity index is 1.39. The molecule has 9 heteroatoms. The highest BCUT2D eigenvalue weighted by molar-refractivity contribution is 6.30. The van der Waals surface area contributed by atoms with Gasteiger partial charge in [0.15, 0.2) is 0 Å². The number of benzene rings is 3. The van der Waals surface area contributed by atoms with E-state index in [1.807, 2.05) is 61.5 Å². The van der Waals surface area contributed by atoms with Crippen LogP contribution in [0.3, 0.4) is 0 Å². The predicted octanol–water partition coefficient (Wildman–Crippen LogP) is 4.39. The van der Waals surface area contributed by atoms with Crippen molar-refractivity contribution in [2.75, 3.05) is 13.1 Å². The summed E-state index contributed by atoms with van der Waals surface area (Å²) in [6.45, 7) is 3.33. The van der Waals surface area contributed by atoms with E-state index in [0.29, 0.717) is 61.2 Å². The van der Waals surface area contributed by atoms with E-state index in [1.54, 1.807) is 29.2 Å². The summed E-state index contributed by atoms with van der Waals surface area (Å²) in [7, 11) is 0. The van der Waals surface area contributed by atoms with Gasteiger partial charge in [-0.3, -0.25) is 23.5 Å². The van der Waals surface area contributed by atoms with Gasteiger partial charge in [-0.25, -0.2) is 4.79 Å². The number of amides is 2. The van der Waals surface area contributed by atoms with Crippen LogP contribution in [0.25, 0.3) is 10.9 Å². The third-order valence-corrected chi connectivity index (χ3v) is 7.31. The molecule has 0 bridgehead atoms. The Hall–Kier alpha value is -4.17. The van der Waals surface area contributed by atoms with Crippen LogP contribution in [0.2, 0.25) is 5.02 Å². The lowest BCUT2D eigenvalue weighted by molar-refractivity contribution is -0.132. The van der Waals surface area contributed by atoms with Gasteiger partial charge < -0.3 is 10.2 Å². The minimum absolute atomic E-state index is 0.0779. The number of para-hydroxylation sites is 1. The molecule has 0 saturated carbocycles. The van der Waals surface area contributed by atoms with Crippen molar-refractivity contribution in [3.05, 3.63) is 116 Å². The monoisotopic (exact) mass is 574 g/mol. The van der Waals surface area contributed by atoms with Gasteiger partial charge in [0.25, 0.3) is 5.56 Å². The van der Waals surface area contributed by atoms with Gasteiger partial charge in [-0.15, -0.1) is 0 Å². The number of halogens is 1. The molecule has 0 atom stereocenters. The first-order valence-corrected chi connectivity index (χ1v) is 14.3. The molecule has 1 N–H and O–H groups in total. The van der Waals surface area contributed by atoms with Crippen LogP contribution >= 0.6 is 11.6 Å². The van der Waals surface area contributed by atoms with Crippen LogP contribution in [0, 0.1) is 0 Å². The van der Waals surface area contributed by atoms with Crippen molar-refractivity contribution in [3.63, 3.8) is 0 Å². The second kappa shape index (κ2) is 14.5. The minimum Gasteiger partial charge on any atom is -0.356 e. The van der Waals surface area contributed by atoms with Crippen LogP contribution in [-0.2, 0) is 35.6 Å². The normalized spacial score (nSPS) is 11.0. The highest BCUT2D eigenvalue weighted by atomic mass is 35.5. The number of aromatic nitrogens is 2. The predicted molar refractivity (Wildman–Crippen MR) is 162 cm³/mol. The van der Waals surface area contributed by atoms with E-state index >= 15 is 0 Å². The van der Waals surface area contributed by atoms with Crippen molar-refractivity contribution in [2.45, 2.75) is 52.2 Å². The molecule has 0 saturated heterocycles. The lowest BCUT2D eigenvalue weighted by Gasteiger charge is -2.22. The molecule has 0 aliphatic carbocycles. The molecule has 1 aromatic heterocycles. The molecule has 0 radical (unpaired) electrons. The SMILES string of the molecule is CCN(Cc1ccccc1)C(=O)Cn1c(=O)n(CCCCC(=O)NCCc2ccc(Cl)cc2)c(=O)c2ccccc21. The van der Waals surface area contributed by atoms with E-state index in [2.05, 4.69) is 5.32 Å². The summed E-state index contributed by atoms with van der Waals surface area (Å²) in [4.78, 5) is 54.0. The first-order valence-electron chi connectivity index (χ1n) is 13.9. The fraction of sp³-hybridized carbons (Fsp3) is 0.312. The summed E-state index contributed by atoms with van der Waals surface area (Å²) in [6, 6.07) is 24.0. The molecule has 0 spiro atoms. The van der Waals surface area contributed by atoms with Gasteiger partial charge in [-0.1, -0.05) is 66.2 Å². The summed E-state index contributed by atoms with van der Waals surface area (Å²) >= 11 is 5.91. The van der Waals surface area contributed by atoms with Crippen LogP contribution in [0.15, 0.2) is 88.5 Å². The fourth-order valence-electron chi connectivity index (χ4n) is 4.78. The van der Waals surface area contributed by atoms with Crippen molar-refractivity contribution in [1.29, 1.82) is 0 Å². The van der Waals surface area contributed by atoms with Crippen LogP contribution < -0.4 is 16.6 Å². The van der Waals surface area contributed by atoms with Gasteiger partial charge in [0.2, 0.25) is 11.8 Å². The van der Waals surface area contributed by atoms with E-state index < -0.39 is 11.2 Å². The van der Waals surface area contributed by atoms with Crippen molar-refractivity contribution in [2.24, 2.45) is 0 Å². The summed E-state index contributed by atoms with van der Waals surface area (Å²) < 4.78 is 2.57. The van der Waals surface area contributed by atoms with E-state index in [1.165, 1.54) is 9.13 Å². The molecule has 0 fully saturated rings. The number of likely N-dealkylation sites (N-methyl/N-ethyl adjacent to an activating group) is 1. The maximum absolute atomic E-state index is 13.5. The van der Waals surface area contributed by atoms with Crippen LogP contribution in [0.4, 0.5) is 0 Å². The van der Waals surface area contributed by atoms with E-state index in [-0.39, 0.29) is 24.9 Å². The summed E-state index contributed by atoms with van der Waals surface area (Å²) in [5.41, 5.74) is 1.60. The number of unbranched alkanes of at least 4 members (excludes halogenated alkanes) is 1. The fourth-order valence-corrected chi connectivity index (χ4v) is 4.90. The van der Waals surface area contributed by atoms with Crippen molar-refractivity contribution < 1.29 is 9.59 Å².